The van der Waals surface area contributed by atoms with Crippen LogP contribution in [0.15, 0.2) is 54.9 Å². The van der Waals surface area contributed by atoms with Crippen LogP contribution in [0.4, 0.5) is 5.82 Å². The van der Waals surface area contributed by atoms with Crippen molar-refractivity contribution < 1.29 is 9.53 Å². The highest BCUT2D eigenvalue weighted by atomic mass is 16.5. The van der Waals surface area contributed by atoms with E-state index in [4.69, 9.17) is 4.74 Å². The number of amides is 1. The molecule has 172 valence electrons. The van der Waals surface area contributed by atoms with Crippen LogP contribution in [-0.2, 0) is 4.79 Å². The Bertz CT molecular complexity index is 1120. The van der Waals surface area contributed by atoms with E-state index in [1.54, 1.807) is 12.4 Å². The molecule has 4 rings (SSSR count). The van der Waals surface area contributed by atoms with Crippen molar-refractivity contribution in [1.29, 1.82) is 0 Å². The van der Waals surface area contributed by atoms with Crippen molar-refractivity contribution in [3.8, 4) is 11.6 Å². The number of ether oxygens (including phenoxy) is 1. The Labute approximate surface area is 196 Å². The molecule has 1 saturated heterocycles. The maximum atomic E-state index is 12.9. The third kappa shape index (κ3) is 5.51. The monoisotopic (exact) mass is 444 g/mol. The Morgan fingerprint density at radius 2 is 1.79 bits per heavy atom. The van der Waals surface area contributed by atoms with Crippen LogP contribution in [0.5, 0.6) is 11.6 Å². The van der Waals surface area contributed by atoms with E-state index in [1.165, 1.54) is 11.1 Å². The second kappa shape index (κ2) is 10.0. The number of hydrogen-bond acceptors (Lipinski definition) is 5. The molecule has 1 amide bonds. The van der Waals surface area contributed by atoms with Gasteiger partial charge >= 0.3 is 0 Å². The summed E-state index contributed by atoms with van der Waals surface area (Å²) in [6.45, 7) is 9.75. The minimum atomic E-state index is -0.0100. The minimum absolute atomic E-state index is 0.00643. The van der Waals surface area contributed by atoms with Crippen LogP contribution in [0.3, 0.4) is 0 Å². The lowest BCUT2D eigenvalue weighted by atomic mass is 9.95. The largest absolute Gasteiger partial charge is 0.436 e. The summed E-state index contributed by atoms with van der Waals surface area (Å²) in [5, 5.41) is 3.21. The van der Waals surface area contributed by atoms with Crippen molar-refractivity contribution in [2.24, 2.45) is 5.92 Å². The van der Waals surface area contributed by atoms with Gasteiger partial charge in [-0.05, 0) is 74.9 Å². The van der Waals surface area contributed by atoms with Gasteiger partial charge in [-0.2, -0.15) is 0 Å². The Balaban J connectivity index is 1.37. The van der Waals surface area contributed by atoms with Crippen LogP contribution in [0.2, 0.25) is 0 Å². The molecule has 33 heavy (non-hydrogen) atoms. The Hall–Kier alpha value is -3.41. The quantitative estimate of drug-likeness (QED) is 0.560. The van der Waals surface area contributed by atoms with Crippen molar-refractivity contribution in [3.05, 3.63) is 77.1 Å². The summed E-state index contributed by atoms with van der Waals surface area (Å²) in [5.41, 5.74) is 4.77. The van der Waals surface area contributed by atoms with Crippen molar-refractivity contribution in [3.63, 3.8) is 0 Å². The molecule has 0 aliphatic carbocycles. The van der Waals surface area contributed by atoms with Gasteiger partial charge in [-0.25, -0.2) is 9.97 Å². The van der Waals surface area contributed by atoms with E-state index in [2.05, 4.69) is 52.2 Å². The number of carbonyl (C=O) groups is 1. The Morgan fingerprint density at radius 1 is 1.03 bits per heavy atom. The second-order valence-electron chi connectivity index (χ2n) is 8.94. The van der Waals surface area contributed by atoms with Crippen molar-refractivity contribution in [2.75, 3.05) is 18.0 Å². The van der Waals surface area contributed by atoms with Gasteiger partial charge in [0, 0.05) is 31.4 Å². The molecule has 1 unspecified atom stereocenters. The molecule has 0 radical (unpaired) electrons. The fourth-order valence-corrected chi connectivity index (χ4v) is 4.20. The van der Waals surface area contributed by atoms with E-state index in [9.17, 15) is 4.79 Å². The molecule has 1 N–H and O–H groups in total. The third-order valence-corrected chi connectivity index (χ3v) is 6.41. The van der Waals surface area contributed by atoms with Crippen LogP contribution in [0.25, 0.3) is 0 Å². The molecule has 0 bridgehead atoms. The SMILES string of the molecule is Cc1cccc(Oc2nccnc2N2CCC(C(=O)NC(C)c3ccc(C)c(C)c3)CC2)c1. The van der Waals surface area contributed by atoms with Gasteiger partial charge < -0.3 is 15.0 Å². The molecule has 6 heteroatoms. The Kier molecular flexibility index (Phi) is 6.92. The summed E-state index contributed by atoms with van der Waals surface area (Å²) in [7, 11) is 0. The van der Waals surface area contributed by atoms with E-state index >= 15 is 0 Å². The normalized spacial score (nSPS) is 15.2. The summed E-state index contributed by atoms with van der Waals surface area (Å²) in [4.78, 5) is 24.0. The molecule has 6 nitrogen and oxygen atoms in total. The summed E-state index contributed by atoms with van der Waals surface area (Å²) >= 11 is 0. The van der Waals surface area contributed by atoms with Crippen molar-refractivity contribution >= 4 is 11.7 Å². The lowest BCUT2D eigenvalue weighted by Crippen LogP contribution is -2.41. The molecule has 3 aromatic rings. The average Bonchev–Trinajstić information content (AvgIpc) is 2.81. The molecular formula is C27H32N4O2. The van der Waals surface area contributed by atoms with E-state index in [-0.39, 0.29) is 17.9 Å². The third-order valence-electron chi connectivity index (χ3n) is 6.41. The number of aromatic nitrogens is 2. The van der Waals surface area contributed by atoms with Crippen LogP contribution >= 0.6 is 0 Å². The number of aryl methyl sites for hydroxylation is 3. The van der Waals surface area contributed by atoms with Gasteiger partial charge in [0.15, 0.2) is 5.82 Å². The van der Waals surface area contributed by atoms with E-state index in [0.717, 1.165) is 48.6 Å². The summed E-state index contributed by atoms with van der Waals surface area (Å²) in [6.07, 6.45) is 4.86. The van der Waals surface area contributed by atoms with Gasteiger partial charge in [0.1, 0.15) is 5.75 Å². The van der Waals surface area contributed by atoms with Crippen LogP contribution in [-0.4, -0.2) is 29.0 Å². The molecule has 2 heterocycles. The van der Waals surface area contributed by atoms with Gasteiger partial charge in [0.2, 0.25) is 5.91 Å². The second-order valence-corrected chi connectivity index (χ2v) is 8.94. The summed E-state index contributed by atoms with van der Waals surface area (Å²) in [6, 6.07) is 14.2. The van der Waals surface area contributed by atoms with Crippen molar-refractivity contribution in [2.45, 2.75) is 46.6 Å². The van der Waals surface area contributed by atoms with Gasteiger partial charge in [0.25, 0.3) is 5.88 Å². The lowest BCUT2D eigenvalue weighted by molar-refractivity contribution is -0.126. The predicted molar refractivity (Wildman–Crippen MR) is 131 cm³/mol. The molecule has 1 aromatic heterocycles. The zero-order valence-corrected chi connectivity index (χ0v) is 19.8. The first-order valence-electron chi connectivity index (χ1n) is 11.6. The fourth-order valence-electron chi connectivity index (χ4n) is 4.20. The highest BCUT2D eigenvalue weighted by Gasteiger charge is 2.28. The maximum Gasteiger partial charge on any atom is 0.263 e. The number of anilines is 1. The molecule has 0 spiro atoms. The summed E-state index contributed by atoms with van der Waals surface area (Å²) in [5.74, 6) is 2.07. The van der Waals surface area contributed by atoms with E-state index < -0.39 is 0 Å². The number of benzene rings is 2. The number of piperidine rings is 1. The molecule has 1 fully saturated rings. The zero-order chi connectivity index (χ0) is 23.4. The average molecular weight is 445 g/mol. The van der Waals surface area contributed by atoms with Gasteiger partial charge in [-0.15, -0.1) is 0 Å². The smallest absolute Gasteiger partial charge is 0.263 e. The zero-order valence-electron chi connectivity index (χ0n) is 19.8. The minimum Gasteiger partial charge on any atom is -0.436 e. The first-order chi connectivity index (χ1) is 15.9. The number of carbonyl (C=O) groups excluding carboxylic acids is 1. The molecule has 0 saturated carbocycles. The van der Waals surface area contributed by atoms with Crippen LogP contribution in [0, 0.1) is 26.7 Å². The van der Waals surface area contributed by atoms with Crippen LogP contribution < -0.4 is 15.0 Å². The van der Waals surface area contributed by atoms with Crippen LogP contribution in [0.1, 0.15) is 48.1 Å². The number of hydrogen-bond donors (Lipinski definition) is 1. The first kappa shape index (κ1) is 22.8. The number of rotatable bonds is 6. The maximum absolute atomic E-state index is 12.9. The first-order valence-corrected chi connectivity index (χ1v) is 11.6. The van der Waals surface area contributed by atoms with Crippen molar-refractivity contribution in [1.82, 2.24) is 15.3 Å². The molecule has 1 aliphatic heterocycles. The predicted octanol–water partition coefficient (Wildman–Crippen LogP) is 5.29. The molecule has 1 atom stereocenters. The standard InChI is InChI=1S/C27H32N4O2/c1-18-6-5-7-24(16-18)33-27-25(28-12-13-29-27)31-14-10-22(11-15-31)26(32)30-21(4)23-9-8-19(2)20(3)17-23/h5-9,12-13,16-17,21-22H,10-11,14-15H2,1-4H3,(H,30,32). The van der Waals surface area contributed by atoms with E-state index in [0.29, 0.717) is 5.88 Å². The topological polar surface area (TPSA) is 67.4 Å². The fraction of sp³-hybridized carbons (Fsp3) is 0.370. The lowest BCUT2D eigenvalue weighted by Gasteiger charge is -2.33. The number of nitrogens with one attached hydrogen (secondary N) is 1. The van der Waals surface area contributed by atoms with E-state index in [1.807, 2.05) is 38.1 Å². The van der Waals surface area contributed by atoms with Gasteiger partial charge in [-0.1, -0.05) is 30.3 Å². The molecule has 2 aromatic carbocycles. The molecular weight excluding hydrogens is 412 g/mol. The summed E-state index contributed by atoms with van der Waals surface area (Å²) < 4.78 is 6.04. The Morgan fingerprint density at radius 3 is 2.52 bits per heavy atom. The number of nitrogens with zero attached hydrogens (tertiary/aromatic N) is 3. The highest BCUT2D eigenvalue weighted by Crippen LogP contribution is 2.31. The molecule has 1 aliphatic rings. The van der Waals surface area contributed by atoms with Gasteiger partial charge in [0.05, 0.1) is 6.04 Å². The highest BCUT2D eigenvalue weighted by molar-refractivity contribution is 5.79. The van der Waals surface area contributed by atoms with Gasteiger partial charge in [-0.3, -0.25) is 4.79 Å².